The number of aliphatic hydroxyl groups excluding tert-OH is 1. The predicted molar refractivity (Wildman–Crippen MR) is 52.8 cm³/mol. The Hall–Kier alpha value is -1.40. The molecule has 0 unspecified atom stereocenters. The molecule has 0 aliphatic heterocycles. The van der Waals surface area contributed by atoms with E-state index in [4.69, 9.17) is 5.11 Å². The minimum absolute atomic E-state index is 0.277. The average molecular weight is 225 g/mol. The summed E-state index contributed by atoms with van der Waals surface area (Å²) in [4.78, 5) is 4.54. The average Bonchev–Trinajstić information content (AvgIpc) is 2.71. The van der Waals surface area contributed by atoms with Gasteiger partial charge in [0.2, 0.25) is 0 Å². The monoisotopic (exact) mass is 225 g/mol. The highest BCUT2D eigenvalue weighted by molar-refractivity contribution is 7.99. The molecule has 0 fully saturated rings. The van der Waals surface area contributed by atoms with Gasteiger partial charge in [-0.2, -0.15) is 5.10 Å². The van der Waals surface area contributed by atoms with Crippen molar-refractivity contribution in [2.45, 2.75) is 16.7 Å². The second-order valence-electron chi connectivity index (χ2n) is 2.77. The molecule has 78 valence electrons. The van der Waals surface area contributed by atoms with Crippen LogP contribution in [0.3, 0.4) is 0 Å². The van der Waals surface area contributed by atoms with Crippen molar-refractivity contribution >= 4 is 11.8 Å². The summed E-state index contributed by atoms with van der Waals surface area (Å²) < 4.78 is 13.3. The van der Waals surface area contributed by atoms with Crippen LogP contribution in [0.25, 0.3) is 0 Å². The van der Waals surface area contributed by atoms with E-state index in [-0.39, 0.29) is 12.2 Å². The summed E-state index contributed by atoms with van der Waals surface area (Å²) in [5.74, 6) is -0.415. The van der Waals surface area contributed by atoms with Crippen molar-refractivity contribution in [1.82, 2.24) is 15.2 Å². The highest BCUT2D eigenvalue weighted by Gasteiger charge is 2.09. The first-order valence-electron chi connectivity index (χ1n) is 4.22. The molecular formula is C9H8FN3OS. The molecule has 2 rings (SSSR count). The third-order valence-electron chi connectivity index (χ3n) is 1.83. The van der Waals surface area contributed by atoms with Gasteiger partial charge in [-0.25, -0.2) is 9.37 Å². The third kappa shape index (κ3) is 2.16. The fraction of sp³-hybridized carbons (Fsp3) is 0.111. The zero-order valence-electron chi connectivity index (χ0n) is 7.64. The topological polar surface area (TPSA) is 61.8 Å². The summed E-state index contributed by atoms with van der Waals surface area (Å²) >= 11 is 1.23. The van der Waals surface area contributed by atoms with Crippen LogP contribution < -0.4 is 0 Å². The second-order valence-corrected chi connectivity index (χ2v) is 3.80. The minimum Gasteiger partial charge on any atom is -0.392 e. The van der Waals surface area contributed by atoms with Crippen LogP contribution in [0.4, 0.5) is 4.39 Å². The molecule has 0 aliphatic carbocycles. The summed E-state index contributed by atoms with van der Waals surface area (Å²) in [5.41, 5.74) is 0.277. The van der Waals surface area contributed by atoms with Gasteiger partial charge in [0.15, 0.2) is 5.16 Å². The van der Waals surface area contributed by atoms with Crippen molar-refractivity contribution in [2.24, 2.45) is 0 Å². The number of hydrogen-bond donors (Lipinski definition) is 2. The van der Waals surface area contributed by atoms with Gasteiger partial charge in [0, 0.05) is 10.5 Å². The predicted octanol–water partition coefficient (Wildman–Crippen LogP) is 1.59. The first-order chi connectivity index (χ1) is 7.31. The third-order valence-corrected chi connectivity index (χ3v) is 2.83. The maximum Gasteiger partial charge on any atom is 0.188 e. The largest absolute Gasteiger partial charge is 0.392 e. The number of aliphatic hydroxyl groups is 1. The Balaban J connectivity index is 2.32. The van der Waals surface area contributed by atoms with Crippen molar-refractivity contribution in [3.8, 4) is 0 Å². The highest BCUT2D eigenvalue weighted by atomic mass is 32.2. The van der Waals surface area contributed by atoms with Gasteiger partial charge in [-0.3, -0.25) is 5.10 Å². The van der Waals surface area contributed by atoms with E-state index < -0.39 is 5.82 Å². The molecule has 0 amide bonds. The summed E-state index contributed by atoms with van der Waals surface area (Å²) in [6.45, 7) is -0.330. The van der Waals surface area contributed by atoms with Crippen molar-refractivity contribution in [3.63, 3.8) is 0 Å². The van der Waals surface area contributed by atoms with Crippen molar-refractivity contribution in [2.75, 3.05) is 0 Å². The van der Waals surface area contributed by atoms with Crippen molar-refractivity contribution < 1.29 is 9.50 Å². The number of aromatic amines is 1. The van der Waals surface area contributed by atoms with E-state index in [1.807, 2.05) is 0 Å². The fourth-order valence-corrected chi connectivity index (χ4v) is 1.97. The number of nitrogens with one attached hydrogen (secondary N) is 1. The summed E-state index contributed by atoms with van der Waals surface area (Å²) in [7, 11) is 0. The lowest BCUT2D eigenvalue weighted by atomic mass is 10.2. The van der Waals surface area contributed by atoms with Crippen molar-refractivity contribution in [3.05, 3.63) is 35.9 Å². The number of hydrogen-bond acceptors (Lipinski definition) is 4. The van der Waals surface area contributed by atoms with Crippen LogP contribution >= 0.6 is 11.8 Å². The van der Waals surface area contributed by atoms with Gasteiger partial charge in [0.1, 0.15) is 12.1 Å². The Morgan fingerprint density at radius 2 is 2.33 bits per heavy atom. The van der Waals surface area contributed by atoms with Crippen LogP contribution in [0.2, 0.25) is 0 Å². The Bertz CT molecular complexity index is 447. The highest BCUT2D eigenvalue weighted by Crippen LogP contribution is 2.28. The lowest BCUT2D eigenvalue weighted by molar-refractivity contribution is 0.272. The molecule has 0 spiro atoms. The molecule has 0 radical (unpaired) electrons. The quantitative estimate of drug-likeness (QED) is 0.832. The van der Waals surface area contributed by atoms with Gasteiger partial charge < -0.3 is 5.11 Å². The minimum atomic E-state index is -0.415. The number of benzene rings is 1. The van der Waals surface area contributed by atoms with Gasteiger partial charge in [-0.15, -0.1) is 0 Å². The van der Waals surface area contributed by atoms with Crippen LogP contribution in [-0.2, 0) is 6.61 Å². The van der Waals surface area contributed by atoms with Crippen molar-refractivity contribution in [1.29, 1.82) is 0 Å². The van der Waals surface area contributed by atoms with Crippen LogP contribution in [0.1, 0.15) is 5.56 Å². The summed E-state index contributed by atoms with van der Waals surface area (Å²) in [5, 5.41) is 15.9. The van der Waals surface area contributed by atoms with E-state index in [9.17, 15) is 4.39 Å². The van der Waals surface area contributed by atoms with Gasteiger partial charge in [0.05, 0.1) is 6.61 Å². The molecule has 0 saturated heterocycles. The molecule has 4 nitrogen and oxygen atoms in total. The van der Waals surface area contributed by atoms with Gasteiger partial charge >= 0.3 is 0 Å². The Morgan fingerprint density at radius 3 is 3.00 bits per heavy atom. The Labute approximate surface area is 89.6 Å². The molecule has 1 aromatic heterocycles. The maximum atomic E-state index is 13.3. The number of aromatic nitrogens is 3. The second kappa shape index (κ2) is 4.41. The van der Waals surface area contributed by atoms with Crippen LogP contribution in [0.5, 0.6) is 0 Å². The van der Waals surface area contributed by atoms with Gasteiger partial charge in [-0.05, 0) is 23.9 Å². The van der Waals surface area contributed by atoms with Gasteiger partial charge in [0.25, 0.3) is 0 Å². The number of H-pyrrole nitrogens is 1. The molecule has 0 aliphatic rings. The van der Waals surface area contributed by atoms with E-state index in [1.54, 1.807) is 12.1 Å². The molecule has 0 saturated carbocycles. The summed E-state index contributed by atoms with van der Waals surface area (Å²) in [6, 6.07) is 4.63. The Kier molecular flexibility index (Phi) is 2.98. The number of rotatable bonds is 3. The van der Waals surface area contributed by atoms with Gasteiger partial charge in [-0.1, -0.05) is 6.07 Å². The zero-order valence-corrected chi connectivity index (χ0v) is 8.46. The van der Waals surface area contributed by atoms with Crippen LogP contribution in [0, 0.1) is 5.82 Å². The lowest BCUT2D eigenvalue weighted by Crippen LogP contribution is -1.92. The SMILES string of the molecule is OCc1c(F)cccc1Sc1ncn[nH]1. The molecule has 2 N–H and O–H groups in total. The lowest BCUT2D eigenvalue weighted by Gasteiger charge is -2.05. The van der Waals surface area contributed by atoms with E-state index in [0.29, 0.717) is 10.1 Å². The molecule has 2 aromatic rings. The summed E-state index contributed by atoms with van der Waals surface area (Å²) in [6.07, 6.45) is 1.38. The standard InChI is InChI=1S/C9H8FN3OS/c10-7-2-1-3-8(6(7)4-14)15-9-11-5-12-13-9/h1-3,5,14H,4H2,(H,11,12,13). The molecule has 0 bridgehead atoms. The molecule has 15 heavy (non-hydrogen) atoms. The Morgan fingerprint density at radius 1 is 1.47 bits per heavy atom. The molecule has 1 aromatic carbocycles. The molecule has 1 heterocycles. The van der Waals surface area contributed by atoms with E-state index in [2.05, 4.69) is 15.2 Å². The zero-order chi connectivity index (χ0) is 10.7. The van der Waals surface area contributed by atoms with E-state index in [0.717, 1.165) is 0 Å². The first kappa shape index (κ1) is 10.1. The number of nitrogens with zero attached hydrogens (tertiary/aromatic N) is 2. The maximum absolute atomic E-state index is 13.3. The van der Waals surface area contributed by atoms with Crippen LogP contribution in [-0.4, -0.2) is 20.3 Å². The van der Waals surface area contributed by atoms with E-state index in [1.165, 1.54) is 24.2 Å². The molecule has 0 atom stereocenters. The van der Waals surface area contributed by atoms with E-state index >= 15 is 0 Å². The van der Waals surface area contributed by atoms with Crippen LogP contribution in [0.15, 0.2) is 34.6 Å². The number of halogens is 1. The fourth-order valence-electron chi connectivity index (χ4n) is 1.14. The smallest absolute Gasteiger partial charge is 0.188 e. The first-order valence-corrected chi connectivity index (χ1v) is 5.04. The molecule has 6 heteroatoms. The normalized spacial score (nSPS) is 10.5. The molecular weight excluding hydrogens is 217 g/mol.